The maximum atomic E-state index is 4.82. The highest BCUT2D eigenvalue weighted by Gasteiger charge is 2.12. The minimum atomic E-state index is 0.476. The van der Waals surface area contributed by atoms with E-state index in [0.29, 0.717) is 4.80 Å². The zero-order valence-electron chi connectivity index (χ0n) is 7.37. The first-order valence-electron chi connectivity index (χ1n) is 4.55. The first-order valence-corrected chi connectivity index (χ1v) is 5.34. The van der Waals surface area contributed by atoms with E-state index in [1.165, 1.54) is 25.9 Å². The minimum Gasteiger partial charge on any atom is -0.327 e. The van der Waals surface area contributed by atoms with Crippen molar-refractivity contribution in [3.8, 4) is 0 Å². The van der Waals surface area contributed by atoms with Gasteiger partial charge in [0.1, 0.15) is 0 Å². The smallest absolute Gasteiger partial charge is 0.293 e. The van der Waals surface area contributed by atoms with Crippen LogP contribution in [0, 0.1) is 0 Å². The SMILES string of the molecule is Brc1nc(CCN2CCCC2)no1. The van der Waals surface area contributed by atoms with E-state index in [9.17, 15) is 0 Å². The van der Waals surface area contributed by atoms with Crippen molar-refractivity contribution in [1.82, 2.24) is 15.0 Å². The van der Waals surface area contributed by atoms with Gasteiger partial charge >= 0.3 is 0 Å². The van der Waals surface area contributed by atoms with Crippen LogP contribution in [0.3, 0.4) is 0 Å². The Kier molecular flexibility index (Phi) is 2.95. The largest absolute Gasteiger partial charge is 0.327 e. The highest BCUT2D eigenvalue weighted by Crippen LogP contribution is 2.09. The van der Waals surface area contributed by atoms with Gasteiger partial charge in [-0.3, -0.25) is 0 Å². The van der Waals surface area contributed by atoms with Gasteiger partial charge in [0.2, 0.25) is 0 Å². The lowest BCUT2D eigenvalue weighted by molar-refractivity contribution is 0.335. The van der Waals surface area contributed by atoms with Crippen LogP contribution in [-0.4, -0.2) is 34.7 Å². The summed E-state index contributed by atoms with van der Waals surface area (Å²) < 4.78 is 4.82. The lowest BCUT2D eigenvalue weighted by atomic mass is 10.4. The zero-order chi connectivity index (χ0) is 9.10. The van der Waals surface area contributed by atoms with Crippen molar-refractivity contribution in [3.05, 3.63) is 10.6 Å². The molecule has 0 amide bonds. The third kappa shape index (κ3) is 2.51. The van der Waals surface area contributed by atoms with Gasteiger partial charge in [-0.1, -0.05) is 5.16 Å². The van der Waals surface area contributed by atoms with Crippen molar-refractivity contribution in [2.24, 2.45) is 0 Å². The van der Waals surface area contributed by atoms with Gasteiger partial charge < -0.3 is 9.42 Å². The molecule has 1 aliphatic heterocycles. The quantitative estimate of drug-likeness (QED) is 0.809. The minimum absolute atomic E-state index is 0.476. The standard InChI is InChI=1S/C8H12BrN3O/c9-8-10-7(11-13-8)3-6-12-4-1-2-5-12/h1-6H2. The number of nitrogens with zero attached hydrogens (tertiary/aromatic N) is 3. The van der Waals surface area contributed by atoms with Crippen LogP contribution in [-0.2, 0) is 6.42 Å². The highest BCUT2D eigenvalue weighted by molar-refractivity contribution is 9.10. The van der Waals surface area contributed by atoms with E-state index < -0.39 is 0 Å². The molecule has 0 aromatic carbocycles. The van der Waals surface area contributed by atoms with Gasteiger partial charge in [0.15, 0.2) is 5.82 Å². The second-order valence-corrected chi connectivity index (χ2v) is 3.94. The molecule has 4 nitrogen and oxygen atoms in total. The number of rotatable bonds is 3. The molecule has 1 fully saturated rings. The van der Waals surface area contributed by atoms with Gasteiger partial charge in [0.05, 0.1) is 0 Å². The third-order valence-corrected chi connectivity index (χ3v) is 2.62. The molecule has 0 unspecified atom stereocenters. The van der Waals surface area contributed by atoms with Gasteiger partial charge in [0, 0.05) is 28.9 Å². The summed E-state index contributed by atoms with van der Waals surface area (Å²) in [6.45, 7) is 3.49. The average molecular weight is 246 g/mol. The molecule has 2 heterocycles. The van der Waals surface area contributed by atoms with Crippen molar-refractivity contribution in [2.75, 3.05) is 19.6 Å². The lowest BCUT2D eigenvalue weighted by Gasteiger charge is -2.11. The van der Waals surface area contributed by atoms with Gasteiger partial charge in [0.25, 0.3) is 4.80 Å². The molecule has 0 N–H and O–H groups in total. The summed E-state index contributed by atoms with van der Waals surface area (Å²) in [6, 6.07) is 0. The van der Waals surface area contributed by atoms with Crippen molar-refractivity contribution < 1.29 is 4.52 Å². The van der Waals surface area contributed by atoms with Crippen molar-refractivity contribution in [2.45, 2.75) is 19.3 Å². The molecule has 5 heteroatoms. The number of hydrogen-bond acceptors (Lipinski definition) is 4. The molecule has 0 radical (unpaired) electrons. The lowest BCUT2D eigenvalue weighted by Crippen LogP contribution is -2.22. The summed E-state index contributed by atoms with van der Waals surface area (Å²) in [6.07, 6.45) is 3.54. The van der Waals surface area contributed by atoms with E-state index in [2.05, 4.69) is 31.0 Å². The Balaban J connectivity index is 1.78. The molecular formula is C8H12BrN3O. The van der Waals surface area contributed by atoms with Crippen molar-refractivity contribution in [1.29, 1.82) is 0 Å². The van der Waals surface area contributed by atoms with Gasteiger partial charge in [-0.25, -0.2) is 0 Å². The Morgan fingerprint density at radius 2 is 2.15 bits per heavy atom. The predicted octanol–water partition coefficient (Wildman–Crippen LogP) is 1.47. The maximum Gasteiger partial charge on any atom is 0.293 e. The highest BCUT2D eigenvalue weighted by atomic mass is 79.9. The predicted molar refractivity (Wildman–Crippen MR) is 51.4 cm³/mol. The Hall–Kier alpha value is -0.420. The molecule has 1 aromatic heterocycles. The summed E-state index contributed by atoms with van der Waals surface area (Å²) in [5.41, 5.74) is 0. The van der Waals surface area contributed by atoms with Crippen LogP contribution in [0.2, 0.25) is 0 Å². The summed E-state index contributed by atoms with van der Waals surface area (Å²) in [7, 11) is 0. The van der Waals surface area contributed by atoms with Gasteiger partial charge in [-0.2, -0.15) is 4.98 Å². The maximum absolute atomic E-state index is 4.82. The summed E-state index contributed by atoms with van der Waals surface area (Å²) >= 11 is 3.13. The topological polar surface area (TPSA) is 42.2 Å². The van der Waals surface area contributed by atoms with Crippen molar-refractivity contribution in [3.63, 3.8) is 0 Å². The second kappa shape index (κ2) is 4.19. The van der Waals surface area contributed by atoms with Crippen LogP contribution in [0.5, 0.6) is 0 Å². The van der Waals surface area contributed by atoms with E-state index in [1.54, 1.807) is 0 Å². The van der Waals surface area contributed by atoms with Gasteiger partial charge in [-0.05, 0) is 25.9 Å². The monoisotopic (exact) mass is 245 g/mol. The van der Waals surface area contributed by atoms with Crippen LogP contribution >= 0.6 is 15.9 Å². The van der Waals surface area contributed by atoms with E-state index in [-0.39, 0.29) is 0 Å². The van der Waals surface area contributed by atoms with Crippen LogP contribution in [0.25, 0.3) is 0 Å². The van der Waals surface area contributed by atoms with E-state index in [1.807, 2.05) is 0 Å². The molecule has 0 bridgehead atoms. The number of halogens is 1. The molecular weight excluding hydrogens is 234 g/mol. The summed E-state index contributed by atoms with van der Waals surface area (Å²) in [5, 5.41) is 3.82. The van der Waals surface area contributed by atoms with E-state index in [0.717, 1.165) is 18.8 Å². The van der Waals surface area contributed by atoms with E-state index >= 15 is 0 Å². The number of hydrogen-bond donors (Lipinski definition) is 0. The summed E-state index contributed by atoms with van der Waals surface area (Å²) in [5.74, 6) is 0.791. The molecule has 1 aromatic rings. The third-order valence-electron chi connectivity index (χ3n) is 2.29. The average Bonchev–Trinajstić information content (AvgIpc) is 2.71. The molecule has 0 spiro atoms. The molecule has 0 aliphatic carbocycles. The first-order chi connectivity index (χ1) is 6.34. The molecule has 1 saturated heterocycles. The molecule has 13 heavy (non-hydrogen) atoms. The Morgan fingerprint density at radius 1 is 1.38 bits per heavy atom. The Morgan fingerprint density at radius 3 is 2.77 bits per heavy atom. The Labute approximate surface area is 85.4 Å². The molecule has 1 aliphatic rings. The Bertz CT molecular complexity index is 270. The van der Waals surface area contributed by atoms with Crippen LogP contribution in [0.4, 0.5) is 0 Å². The first kappa shape index (κ1) is 9.15. The summed E-state index contributed by atoms with van der Waals surface area (Å²) in [4.78, 5) is 6.99. The molecule has 0 atom stereocenters. The molecule has 2 rings (SSSR count). The zero-order valence-corrected chi connectivity index (χ0v) is 8.96. The van der Waals surface area contributed by atoms with E-state index in [4.69, 9.17) is 4.52 Å². The normalized spacial score (nSPS) is 18.2. The van der Waals surface area contributed by atoms with Crippen LogP contribution < -0.4 is 0 Å². The number of aromatic nitrogens is 2. The fourth-order valence-electron chi connectivity index (χ4n) is 1.60. The van der Waals surface area contributed by atoms with Crippen LogP contribution in [0.15, 0.2) is 9.32 Å². The molecule has 72 valence electrons. The molecule has 0 saturated carbocycles. The van der Waals surface area contributed by atoms with Crippen molar-refractivity contribution >= 4 is 15.9 Å². The number of likely N-dealkylation sites (tertiary alicyclic amines) is 1. The fourth-order valence-corrected chi connectivity index (χ4v) is 1.88. The van der Waals surface area contributed by atoms with Gasteiger partial charge in [-0.15, -0.1) is 0 Å². The second-order valence-electron chi connectivity index (χ2n) is 3.26. The van der Waals surface area contributed by atoms with Crippen LogP contribution in [0.1, 0.15) is 18.7 Å². The fraction of sp³-hybridized carbons (Fsp3) is 0.750.